The van der Waals surface area contributed by atoms with Crippen molar-refractivity contribution in [3.8, 4) is 0 Å². The van der Waals surface area contributed by atoms with Crippen molar-refractivity contribution >= 4 is 5.91 Å². The number of rotatable bonds is 4. The van der Waals surface area contributed by atoms with Crippen LogP contribution in [0.5, 0.6) is 0 Å². The van der Waals surface area contributed by atoms with Gasteiger partial charge in [-0.15, -0.1) is 0 Å². The molecule has 0 spiro atoms. The Morgan fingerprint density at radius 1 is 1.41 bits per heavy atom. The van der Waals surface area contributed by atoms with E-state index in [2.05, 4.69) is 0 Å². The molecule has 1 aromatic rings. The molecule has 1 fully saturated rings. The minimum atomic E-state index is -0.347. The molecule has 0 radical (unpaired) electrons. The van der Waals surface area contributed by atoms with E-state index in [-0.39, 0.29) is 17.9 Å². The molecule has 0 saturated carbocycles. The number of carbonyl (C=O) groups is 1. The van der Waals surface area contributed by atoms with Crippen LogP contribution in [-0.2, 0) is 11.3 Å². The first-order valence-electron chi connectivity index (χ1n) is 6.20. The summed E-state index contributed by atoms with van der Waals surface area (Å²) in [4.78, 5) is 13.7. The molecule has 1 amide bonds. The number of carbonyl (C=O) groups excluding carboxylic acids is 1. The Balaban J connectivity index is 1.97. The number of nitrogens with zero attached hydrogens (tertiary/aromatic N) is 1. The van der Waals surface area contributed by atoms with Crippen LogP contribution in [0.15, 0.2) is 30.3 Å². The zero-order chi connectivity index (χ0) is 12.3. The maximum Gasteiger partial charge on any atom is 0.223 e. The summed E-state index contributed by atoms with van der Waals surface area (Å²) in [6.45, 7) is 3.30. The zero-order valence-electron chi connectivity index (χ0n) is 10.2. The molecule has 3 nitrogen and oxygen atoms in total. The van der Waals surface area contributed by atoms with E-state index < -0.39 is 0 Å². The maximum absolute atomic E-state index is 11.8. The zero-order valence-corrected chi connectivity index (χ0v) is 10.2. The van der Waals surface area contributed by atoms with Gasteiger partial charge >= 0.3 is 0 Å². The predicted molar refractivity (Wildman–Crippen MR) is 66.3 cm³/mol. The fourth-order valence-electron chi connectivity index (χ4n) is 2.35. The van der Waals surface area contributed by atoms with Gasteiger partial charge in [0.05, 0.1) is 6.10 Å². The van der Waals surface area contributed by atoms with Gasteiger partial charge in [-0.25, -0.2) is 0 Å². The molecule has 0 aromatic heterocycles. The number of hydrogen-bond acceptors (Lipinski definition) is 2. The smallest absolute Gasteiger partial charge is 0.223 e. The van der Waals surface area contributed by atoms with E-state index in [1.165, 1.54) is 0 Å². The van der Waals surface area contributed by atoms with Crippen LogP contribution >= 0.6 is 0 Å². The van der Waals surface area contributed by atoms with E-state index in [9.17, 15) is 9.90 Å². The van der Waals surface area contributed by atoms with Crippen molar-refractivity contribution in [1.82, 2.24) is 4.90 Å². The topological polar surface area (TPSA) is 40.5 Å². The molecule has 1 aliphatic heterocycles. The van der Waals surface area contributed by atoms with Crippen LogP contribution in [0.1, 0.15) is 25.3 Å². The molecule has 1 aliphatic rings. The maximum atomic E-state index is 11.8. The second-order valence-electron chi connectivity index (χ2n) is 4.70. The third-order valence-electron chi connectivity index (χ3n) is 3.42. The van der Waals surface area contributed by atoms with Gasteiger partial charge in [0, 0.05) is 25.4 Å². The summed E-state index contributed by atoms with van der Waals surface area (Å²) in [5.74, 6) is 0.266. The van der Waals surface area contributed by atoms with E-state index in [0.29, 0.717) is 19.5 Å². The van der Waals surface area contributed by atoms with Crippen LogP contribution in [0.3, 0.4) is 0 Å². The normalized spacial score (nSPS) is 21.9. The van der Waals surface area contributed by atoms with Crippen LogP contribution in [0, 0.1) is 5.92 Å². The van der Waals surface area contributed by atoms with Gasteiger partial charge in [-0.2, -0.15) is 0 Å². The first kappa shape index (κ1) is 12.1. The molecule has 0 aliphatic carbocycles. The minimum Gasteiger partial charge on any atom is -0.393 e. The number of likely N-dealkylation sites (tertiary alicyclic amines) is 1. The van der Waals surface area contributed by atoms with Crippen molar-refractivity contribution in [3.63, 3.8) is 0 Å². The lowest BCUT2D eigenvalue weighted by molar-refractivity contribution is -0.128. The number of benzene rings is 1. The van der Waals surface area contributed by atoms with Crippen molar-refractivity contribution in [2.75, 3.05) is 6.54 Å². The van der Waals surface area contributed by atoms with Gasteiger partial charge in [0.15, 0.2) is 0 Å². The monoisotopic (exact) mass is 233 g/mol. The van der Waals surface area contributed by atoms with Gasteiger partial charge in [0.1, 0.15) is 0 Å². The SMILES string of the molecule is CCC(O)C1CC(=O)N(Cc2ccccc2)C1. The number of aliphatic hydroxyl groups is 1. The van der Waals surface area contributed by atoms with Crippen molar-refractivity contribution < 1.29 is 9.90 Å². The molecule has 1 aromatic carbocycles. The molecule has 92 valence electrons. The van der Waals surface area contributed by atoms with Crippen molar-refractivity contribution in [2.24, 2.45) is 5.92 Å². The van der Waals surface area contributed by atoms with Crippen LogP contribution in [0.4, 0.5) is 0 Å². The predicted octanol–water partition coefficient (Wildman–Crippen LogP) is 1.81. The van der Waals surface area contributed by atoms with Crippen LogP contribution in [0.25, 0.3) is 0 Å². The quantitative estimate of drug-likeness (QED) is 0.861. The number of amides is 1. The molecule has 3 heteroatoms. The molecule has 1 N–H and O–H groups in total. The lowest BCUT2D eigenvalue weighted by atomic mass is 10.00. The highest BCUT2D eigenvalue weighted by atomic mass is 16.3. The summed E-state index contributed by atoms with van der Waals surface area (Å²) < 4.78 is 0. The second kappa shape index (κ2) is 5.32. The van der Waals surface area contributed by atoms with Gasteiger partial charge in [0.25, 0.3) is 0 Å². The number of hydrogen-bond donors (Lipinski definition) is 1. The average molecular weight is 233 g/mol. The third-order valence-corrected chi connectivity index (χ3v) is 3.42. The Labute approximate surface area is 102 Å². The highest BCUT2D eigenvalue weighted by molar-refractivity contribution is 5.78. The van der Waals surface area contributed by atoms with Crippen LogP contribution < -0.4 is 0 Å². The Morgan fingerprint density at radius 3 is 2.76 bits per heavy atom. The molecule has 2 rings (SSSR count). The molecule has 0 bridgehead atoms. The Hall–Kier alpha value is -1.35. The summed E-state index contributed by atoms with van der Waals surface area (Å²) in [6, 6.07) is 9.98. The lowest BCUT2D eigenvalue weighted by Gasteiger charge is -2.18. The molecule has 1 saturated heterocycles. The van der Waals surface area contributed by atoms with E-state index in [1.54, 1.807) is 0 Å². The minimum absolute atomic E-state index is 0.108. The van der Waals surface area contributed by atoms with Crippen molar-refractivity contribution in [2.45, 2.75) is 32.4 Å². The summed E-state index contributed by atoms with van der Waals surface area (Å²) >= 11 is 0. The fourth-order valence-corrected chi connectivity index (χ4v) is 2.35. The standard InChI is InChI=1S/C14H19NO2/c1-2-13(16)12-8-14(17)15(10-12)9-11-6-4-3-5-7-11/h3-7,12-13,16H,2,8-10H2,1H3. The molecule has 2 atom stereocenters. The van der Waals surface area contributed by atoms with E-state index in [4.69, 9.17) is 0 Å². The average Bonchev–Trinajstić information content (AvgIpc) is 2.71. The van der Waals surface area contributed by atoms with E-state index >= 15 is 0 Å². The van der Waals surface area contributed by atoms with Crippen molar-refractivity contribution in [1.29, 1.82) is 0 Å². The van der Waals surface area contributed by atoms with Gasteiger partial charge in [-0.3, -0.25) is 4.79 Å². The van der Waals surface area contributed by atoms with Gasteiger partial charge in [-0.1, -0.05) is 37.3 Å². The molecular formula is C14H19NO2. The van der Waals surface area contributed by atoms with Gasteiger partial charge in [-0.05, 0) is 12.0 Å². The second-order valence-corrected chi connectivity index (χ2v) is 4.70. The Bertz CT molecular complexity index is 377. The Kier molecular flexibility index (Phi) is 3.79. The largest absolute Gasteiger partial charge is 0.393 e. The van der Waals surface area contributed by atoms with Crippen LogP contribution in [-0.4, -0.2) is 28.6 Å². The number of aliphatic hydroxyl groups excluding tert-OH is 1. The molecule has 2 unspecified atom stereocenters. The molecule has 17 heavy (non-hydrogen) atoms. The van der Waals surface area contributed by atoms with Crippen molar-refractivity contribution in [3.05, 3.63) is 35.9 Å². The van der Waals surface area contributed by atoms with E-state index in [1.807, 2.05) is 42.2 Å². The fraction of sp³-hybridized carbons (Fsp3) is 0.500. The highest BCUT2D eigenvalue weighted by Crippen LogP contribution is 2.24. The van der Waals surface area contributed by atoms with E-state index in [0.717, 1.165) is 12.0 Å². The highest BCUT2D eigenvalue weighted by Gasteiger charge is 2.33. The summed E-state index contributed by atoms with van der Waals surface area (Å²) in [5, 5.41) is 9.78. The summed E-state index contributed by atoms with van der Waals surface area (Å²) in [6.07, 6.45) is 0.860. The first-order valence-corrected chi connectivity index (χ1v) is 6.20. The summed E-state index contributed by atoms with van der Waals surface area (Å²) in [5.41, 5.74) is 1.15. The third kappa shape index (κ3) is 2.86. The molecular weight excluding hydrogens is 214 g/mol. The summed E-state index contributed by atoms with van der Waals surface area (Å²) in [7, 11) is 0. The van der Waals surface area contributed by atoms with Crippen LogP contribution in [0.2, 0.25) is 0 Å². The van der Waals surface area contributed by atoms with Gasteiger partial charge in [0.2, 0.25) is 5.91 Å². The Morgan fingerprint density at radius 2 is 2.12 bits per heavy atom. The first-order chi connectivity index (χ1) is 8.20. The molecule has 1 heterocycles. The van der Waals surface area contributed by atoms with Gasteiger partial charge < -0.3 is 10.0 Å². The lowest BCUT2D eigenvalue weighted by Crippen LogP contribution is -2.26.